The molecule has 1 aromatic carbocycles. The van der Waals surface area contributed by atoms with Crippen molar-refractivity contribution in [1.29, 1.82) is 0 Å². The summed E-state index contributed by atoms with van der Waals surface area (Å²) in [5.41, 5.74) is 0.658. The number of carboxylic acid groups (broad SMARTS) is 1. The van der Waals surface area contributed by atoms with Gasteiger partial charge < -0.3 is 24.3 Å². The van der Waals surface area contributed by atoms with Crippen molar-refractivity contribution in [2.45, 2.75) is 31.2 Å². The molecule has 2 heterocycles. The van der Waals surface area contributed by atoms with Crippen LogP contribution in [0.25, 0.3) is 11.0 Å². The van der Waals surface area contributed by atoms with Gasteiger partial charge in [-0.15, -0.1) is 0 Å². The maximum Gasteiger partial charge on any atom is 0.305 e. The molecule has 0 saturated carbocycles. The first-order chi connectivity index (χ1) is 12.0. The molecule has 0 unspecified atom stereocenters. The summed E-state index contributed by atoms with van der Waals surface area (Å²) in [6.45, 7) is 0.893. The van der Waals surface area contributed by atoms with Crippen molar-refractivity contribution < 1.29 is 28.6 Å². The van der Waals surface area contributed by atoms with Crippen LogP contribution in [-0.2, 0) is 20.7 Å². The number of furan rings is 1. The minimum absolute atomic E-state index is 0.106. The number of nitrogens with one attached hydrogen (secondary N) is 1. The summed E-state index contributed by atoms with van der Waals surface area (Å²) < 4.78 is 16.0. The molecule has 25 heavy (non-hydrogen) atoms. The van der Waals surface area contributed by atoms with Gasteiger partial charge in [0.05, 0.1) is 31.8 Å². The van der Waals surface area contributed by atoms with Gasteiger partial charge in [-0.2, -0.15) is 0 Å². The number of carbonyl (C=O) groups is 2. The average Bonchev–Trinajstić information content (AvgIpc) is 2.96. The highest BCUT2D eigenvalue weighted by Gasteiger charge is 2.36. The average molecular weight is 347 g/mol. The summed E-state index contributed by atoms with van der Waals surface area (Å²) in [5.74, 6) is -0.467. The molecule has 7 heteroatoms. The zero-order valence-electron chi connectivity index (χ0n) is 14.0. The van der Waals surface area contributed by atoms with Crippen LogP contribution in [0, 0.1) is 0 Å². The molecule has 134 valence electrons. The second kappa shape index (κ2) is 7.14. The van der Waals surface area contributed by atoms with E-state index in [1.165, 1.54) is 0 Å². The maximum absolute atomic E-state index is 12.5. The number of fused-ring (bicyclic) bond motifs is 1. The fraction of sp³-hybridized carbons (Fsp3) is 0.444. The number of benzene rings is 1. The summed E-state index contributed by atoms with van der Waals surface area (Å²) in [5, 5.41) is 12.9. The lowest BCUT2D eigenvalue weighted by Crippen LogP contribution is -2.53. The molecule has 1 fully saturated rings. The zero-order chi connectivity index (χ0) is 17.9. The van der Waals surface area contributed by atoms with Gasteiger partial charge in [-0.3, -0.25) is 9.59 Å². The van der Waals surface area contributed by atoms with Crippen LogP contribution < -0.4 is 10.1 Å². The molecule has 0 radical (unpaired) electrons. The number of ether oxygens (including phenoxy) is 2. The van der Waals surface area contributed by atoms with Crippen molar-refractivity contribution >= 4 is 22.8 Å². The van der Waals surface area contributed by atoms with Gasteiger partial charge in [-0.05, 0) is 25.0 Å². The highest BCUT2D eigenvalue weighted by atomic mass is 16.5. The van der Waals surface area contributed by atoms with Crippen LogP contribution in [-0.4, -0.2) is 42.8 Å². The van der Waals surface area contributed by atoms with E-state index in [4.69, 9.17) is 13.9 Å². The molecule has 0 bridgehead atoms. The molecule has 1 aliphatic heterocycles. The lowest BCUT2D eigenvalue weighted by atomic mass is 9.86. The number of amides is 1. The Balaban J connectivity index is 1.74. The number of carboxylic acids is 1. The van der Waals surface area contributed by atoms with Crippen LogP contribution in [0.5, 0.6) is 5.75 Å². The second-order valence-corrected chi connectivity index (χ2v) is 6.31. The minimum atomic E-state index is -0.928. The standard InChI is InChI=1S/C18H21NO6/c1-23-13-2-3-14-12(11-25-15(14)9-13)8-16(20)19-18(10-17(21)22)4-6-24-7-5-18/h2-3,9,11H,4-8,10H2,1H3,(H,19,20)(H,21,22). The van der Waals surface area contributed by atoms with Crippen LogP contribution in [0.4, 0.5) is 0 Å². The third-order valence-corrected chi connectivity index (χ3v) is 4.56. The number of hydrogen-bond donors (Lipinski definition) is 2. The van der Waals surface area contributed by atoms with Crippen LogP contribution in [0.1, 0.15) is 24.8 Å². The molecule has 2 aromatic rings. The quantitative estimate of drug-likeness (QED) is 0.831. The molecule has 1 saturated heterocycles. The molecule has 2 N–H and O–H groups in total. The van der Waals surface area contributed by atoms with Gasteiger partial charge in [0.2, 0.25) is 5.91 Å². The topological polar surface area (TPSA) is 98.0 Å². The monoisotopic (exact) mass is 347 g/mol. The van der Waals surface area contributed by atoms with Crippen molar-refractivity contribution in [2.75, 3.05) is 20.3 Å². The smallest absolute Gasteiger partial charge is 0.305 e. The van der Waals surface area contributed by atoms with Gasteiger partial charge in [-0.25, -0.2) is 0 Å². The van der Waals surface area contributed by atoms with E-state index in [1.54, 1.807) is 19.4 Å². The Morgan fingerprint density at radius 2 is 2.08 bits per heavy atom. The second-order valence-electron chi connectivity index (χ2n) is 6.31. The molecule has 0 aliphatic carbocycles. The van der Waals surface area contributed by atoms with Crippen LogP contribution in [0.2, 0.25) is 0 Å². The third-order valence-electron chi connectivity index (χ3n) is 4.56. The number of rotatable bonds is 6. The highest BCUT2D eigenvalue weighted by molar-refractivity contribution is 5.88. The van der Waals surface area contributed by atoms with Gasteiger partial charge in [-0.1, -0.05) is 0 Å². The lowest BCUT2D eigenvalue weighted by Gasteiger charge is -2.36. The van der Waals surface area contributed by atoms with Crippen LogP contribution in [0.15, 0.2) is 28.9 Å². The fourth-order valence-electron chi connectivity index (χ4n) is 3.24. The number of methoxy groups -OCH3 is 1. The van der Waals surface area contributed by atoms with Crippen molar-refractivity contribution in [3.63, 3.8) is 0 Å². The Kier molecular flexibility index (Phi) is 4.94. The summed E-state index contributed by atoms with van der Waals surface area (Å²) in [4.78, 5) is 23.7. The van der Waals surface area contributed by atoms with E-state index in [9.17, 15) is 14.7 Å². The first-order valence-electron chi connectivity index (χ1n) is 8.16. The maximum atomic E-state index is 12.5. The summed E-state index contributed by atoms with van der Waals surface area (Å²) >= 11 is 0. The largest absolute Gasteiger partial charge is 0.497 e. The number of hydrogen-bond acceptors (Lipinski definition) is 5. The fourth-order valence-corrected chi connectivity index (χ4v) is 3.24. The zero-order valence-corrected chi connectivity index (χ0v) is 14.0. The summed E-state index contributed by atoms with van der Waals surface area (Å²) in [7, 11) is 1.58. The molecule has 7 nitrogen and oxygen atoms in total. The van der Waals surface area contributed by atoms with Gasteiger partial charge in [0.1, 0.15) is 11.3 Å². The van der Waals surface area contributed by atoms with E-state index in [0.717, 1.165) is 10.9 Å². The Morgan fingerprint density at radius 3 is 2.76 bits per heavy atom. The first kappa shape index (κ1) is 17.3. The van der Waals surface area contributed by atoms with Crippen LogP contribution >= 0.6 is 0 Å². The Labute approximate surface area is 144 Å². The van der Waals surface area contributed by atoms with E-state index in [2.05, 4.69) is 5.32 Å². The first-order valence-corrected chi connectivity index (χ1v) is 8.16. The molecule has 1 aromatic heterocycles. The third kappa shape index (κ3) is 3.93. The molecule has 3 rings (SSSR count). The number of aliphatic carboxylic acids is 1. The van der Waals surface area contributed by atoms with Gasteiger partial charge in [0, 0.05) is 30.2 Å². The molecule has 1 aliphatic rings. The normalized spacial score (nSPS) is 16.5. The molecule has 0 atom stereocenters. The van der Waals surface area contributed by atoms with Gasteiger partial charge >= 0.3 is 5.97 Å². The van der Waals surface area contributed by atoms with Gasteiger partial charge in [0.25, 0.3) is 0 Å². The molecular weight excluding hydrogens is 326 g/mol. The number of carbonyl (C=O) groups excluding carboxylic acids is 1. The van der Waals surface area contributed by atoms with Crippen molar-refractivity contribution in [1.82, 2.24) is 5.32 Å². The Hall–Kier alpha value is -2.54. The SMILES string of the molecule is COc1ccc2c(CC(=O)NC3(CC(=O)O)CCOCC3)coc2c1. The molecule has 0 spiro atoms. The Morgan fingerprint density at radius 1 is 1.32 bits per heavy atom. The predicted octanol–water partition coefficient (Wildman–Crippen LogP) is 2.12. The van der Waals surface area contributed by atoms with E-state index in [0.29, 0.717) is 37.4 Å². The van der Waals surface area contributed by atoms with Gasteiger partial charge in [0.15, 0.2) is 0 Å². The van der Waals surface area contributed by atoms with E-state index < -0.39 is 11.5 Å². The van der Waals surface area contributed by atoms with Crippen molar-refractivity contribution in [3.8, 4) is 5.75 Å². The summed E-state index contributed by atoms with van der Waals surface area (Å²) in [6.07, 6.45) is 2.56. The van der Waals surface area contributed by atoms with Crippen molar-refractivity contribution in [3.05, 3.63) is 30.0 Å². The van der Waals surface area contributed by atoms with E-state index >= 15 is 0 Å². The molecular formula is C18H21NO6. The van der Waals surface area contributed by atoms with E-state index in [1.807, 2.05) is 12.1 Å². The van der Waals surface area contributed by atoms with E-state index in [-0.39, 0.29) is 18.7 Å². The minimum Gasteiger partial charge on any atom is -0.497 e. The van der Waals surface area contributed by atoms with Crippen molar-refractivity contribution in [2.24, 2.45) is 0 Å². The Bertz CT molecular complexity index is 775. The summed E-state index contributed by atoms with van der Waals surface area (Å²) in [6, 6.07) is 5.42. The molecule has 1 amide bonds. The predicted molar refractivity (Wildman–Crippen MR) is 89.6 cm³/mol. The highest BCUT2D eigenvalue weighted by Crippen LogP contribution is 2.27. The van der Waals surface area contributed by atoms with Crippen LogP contribution in [0.3, 0.4) is 0 Å². The lowest BCUT2D eigenvalue weighted by molar-refractivity contribution is -0.140.